The van der Waals surface area contributed by atoms with E-state index in [0.29, 0.717) is 27.3 Å². The summed E-state index contributed by atoms with van der Waals surface area (Å²) in [4.78, 5) is 11.9. The third-order valence-electron chi connectivity index (χ3n) is 2.10. The van der Waals surface area contributed by atoms with Gasteiger partial charge in [-0.15, -0.1) is 0 Å². The molecule has 6 heteroatoms. The van der Waals surface area contributed by atoms with Crippen molar-refractivity contribution in [3.63, 3.8) is 0 Å². The quantitative estimate of drug-likeness (QED) is 0.835. The number of nitrogen functional groups attached to an aromatic ring is 1. The van der Waals surface area contributed by atoms with E-state index in [1.807, 2.05) is 0 Å². The van der Waals surface area contributed by atoms with Crippen molar-refractivity contribution in [2.24, 2.45) is 0 Å². The van der Waals surface area contributed by atoms with Gasteiger partial charge < -0.3 is 10.3 Å². The molecule has 1 heterocycles. The summed E-state index contributed by atoms with van der Waals surface area (Å²) in [6, 6.07) is 6.65. The summed E-state index contributed by atoms with van der Waals surface area (Å²) < 4.78 is 5.57. The van der Waals surface area contributed by atoms with Crippen LogP contribution in [0.1, 0.15) is 16.1 Å². The molecular formula is C11H10BrN3O2. The minimum absolute atomic E-state index is 0.305. The fraction of sp³-hybridized carbons (Fsp3) is 0.0909. The van der Waals surface area contributed by atoms with Crippen molar-refractivity contribution in [3.05, 3.63) is 40.0 Å². The lowest BCUT2D eigenvalue weighted by Gasteiger charge is -2.04. The fourth-order valence-electron chi connectivity index (χ4n) is 1.32. The first-order chi connectivity index (χ1) is 8.06. The molecule has 0 radical (unpaired) electrons. The summed E-state index contributed by atoms with van der Waals surface area (Å²) in [6.07, 6.45) is 0. The summed E-state index contributed by atoms with van der Waals surface area (Å²) in [5.74, 6) is 0.00199. The Hall–Kier alpha value is -1.82. The van der Waals surface area contributed by atoms with Crippen LogP contribution in [0, 0.1) is 6.92 Å². The Morgan fingerprint density at radius 1 is 1.47 bits per heavy atom. The van der Waals surface area contributed by atoms with Gasteiger partial charge in [-0.05, 0) is 41.1 Å². The largest absolute Gasteiger partial charge is 0.399 e. The molecule has 0 unspecified atom stereocenters. The van der Waals surface area contributed by atoms with Gasteiger partial charge in [0.25, 0.3) is 5.91 Å². The Balaban J connectivity index is 2.22. The van der Waals surface area contributed by atoms with E-state index in [1.165, 1.54) is 0 Å². The van der Waals surface area contributed by atoms with Crippen LogP contribution in [0.25, 0.3) is 0 Å². The summed E-state index contributed by atoms with van der Waals surface area (Å²) >= 11 is 3.29. The monoisotopic (exact) mass is 295 g/mol. The van der Waals surface area contributed by atoms with E-state index in [1.54, 1.807) is 31.2 Å². The number of hydrogen-bond donors (Lipinski definition) is 2. The Morgan fingerprint density at radius 2 is 2.24 bits per heavy atom. The highest BCUT2D eigenvalue weighted by atomic mass is 79.9. The molecule has 0 saturated carbocycles. The van der Waals surface area contributed by atoms with Gasteiger partial charge in [0.2, 0.25) is 5.88 Å². The molecule has 0 aliphatic carbocycles. The maximum absolute atomic E-state index is 11.9. The van der Waals surface area contributed by atoms with Gasteiger partial charge in [0.1, 0.15) is 0 Å². The van der Waals surface area contributed by atoms with E-state index >= 15 is 0 Å². The third kappa shape index (κ3) is 2.65. The number of halogens is 1. The fourth-order valence-corrected chi connectivity index (χ4v) is 1.75. The minimum Gasteiger partial charge on any atom is -0.399 e. The summed E-state index contributed by atoms with van der Waals surface area (Å²) in [5.41, 5.74) is 7.29. The van der Waals surface area contributed by atoms with Gasteiger partial charge in [-0.3, -0.25) is 10.1 Å². The third-order valence-corrected chi connectivity index (χ3v) is 2.79. The molecule has 0 aliphatic rings. The van der Waals surface area contributed by atoms with Gasteiger partial charge in [0.15, 0.2) is 0 Å². The number of anilines is 2. The van der Waals surface area contributed by atoms with Crippen LogP contribution in [0.5, 0.6) is 0 Å². The number of carbonyl (C=O) groups excluding carboxylic acids is 1. The van der Waals surface area contributed by atoms with Crippen LogP contribution < -0.4 is 11.1 Å². The number of hydrogen-bond acceptors (Lipinski definition) is 4. The molecular weight excluding hydrogens is 286 g/mol. The van der Waals surface area contributed by atoms with E-state index in [9.17, 15) is 4.79 Å². The van der Waals surface area contributed by atoms with Crippen molar-refractivity contribution in [2.75, 3.05) is 11.1 Å². The maximum Gasteiger partial charge on any atom is 0.259 e. The first kappa shape index (κ1) is 11.7. The van der Waals surface area contributed by atoms with Crippen LogP contribution in [-0.2, 0) is 0 Å². The predicted molar refractivity (Wildman–Crippen MR) is 67.7 cm³/mol. The number of benzene rings is 1. The number of aryl methyl sites for hydroxylation is 1. The number of aromatic nitrogens is 1. The smallest absolute Gasteiger partial charge is 0.259 e. The first-order valence-electron chi connectivity index (χ1n) is 4.86. The second-order valence-corrected chi connectivity index (χ2v) is 4.38. The highest BCUT2D eigenvalue weighted by Crippen LogP contribution is 2.21. The Bertz CT molecular complexity index is 566. The minimum atomic E-state index is -0.305. The summed E-state index contributed by atoms with van der Waals surface area (Å²) in [7, 11) is 0. The van der Waals surface area contributed by atoms with Crippen LogP contribution in [0.2, 0.25) is 0 Å². The Morgan fingerprint density at radius 3 is 2.88 bits per heavy atom. The standard InChI is InChI=1S/C11H10BrN3O2/c1-6-4-10(17-15-6)14-11(16)8-5-7(13)2-3-9(8)12/h2-5H,13H2,1H3,(H,14,16). The second kappa shape index (κ2) is 4.58. The Labute approximate surface area is 106 Å². The molecule has 1 aromatic heterocycles. The van der Waals surface area contributed by atoms with Crippen molar-refractivity contribution >= 4 is 33.4 Å². The van der Waals surface area contributed by atoms with Crippen molar-refractivity contribution in [3.8, 4) is 0 Å². The zero-order chi connectivity index (χ0) is 12.4. The molecule has 0 fully saturated rings. The lowest BCUT2D eigenvalue weighted by molar-refractivity contribution is 0.102. The zero-order valence-electron chi connectivity index (χ0n) is 9.03. The van der Waals surface area contributed by atoms with E-state index in [4.69, 9.17) is 10.3 Å². The maximum atomic E-state index is 11.9. The van der Waals surface area contributed by atoms with Crippen LogP contribution >= 0.6 is 15.9 Å². The van der Waals surface area contributed by atoms with Gasteiger partial charge in [-0.2, -0.15) is 0 Å². The predicted octanol–water partition coefficient (Wildman–Crippen LogP) is 2.58. The zero-order valence-corrected chi connectivity index (χ0v) is 10.6. The lowest BCUT2D eigenvalue weighted by atomic mass is 10.2. The lowest BCUT2D eigenvalue weighted by Crippen LogP contribution is -2.12. The highest BCUT2D eigenvalue weighted by Gasteiger charge is 2.12. The van der Waals surface area contributed by atoms with Crippen LogP contribution in [0.4, 0.5) is 11.6 Å². The second-order valence-electron chi connectivity index (χ2n) is 3.53. The summed E-state index contributed by atoms with van der Waals surface area (Å²) in [6.45, 7) is 1.77. The van der Waals surface area contributed by atoms with Crippen molar-refractivity contribution in [2.45, 2.75) is 6.92 Å². The molecule has 1 amide bonds. The normalized spacial score (nSPS) is 10.2. The molecule has 88 valence electrons. The van der Waals surface area contributed by atoms with Crippen molar-refractivity contribution < 1.29 is 9.32 Å². The van der Waals surface area contributed by atoms with Gasteiger partial charge in [-0.25, -0.2) is 0 Å². The molecule has 0 atom stereocenters. The van der Waals surface area contributed by atoms with Gasteiger partial charge in [0, 0.05) is 16.2 Å². The molecule has 0 spiro atoms. The average Bonchev–Trinajstić information content (AvgIpc) is 2.67. The molecule has 2 aromatic rings. The number of nitrogens with one attached hydrogen (secondary N) is 1. The number of carbonyl (C=O) groups is 1. The van der Waals surface area contributed by atoms with Crippen molar-refractivity contribution in [1.29, 1.82) is 0 Å². The van der Waals surface area contributed by atoms with E-state index in [2.05, 4.69) is 26.4 Å². The van der Waals surface area contributed by atoms with Crippen LogP contribution in [0.3, 0.4) is 0 Å². The van der Waals surface area contributed by atoms with Crippen LogP contribution in [0.15, 0.2) is 33.3 Å². The molecule has 1 aromatic carbocycles. The summed E-state index contributed by atoms with van der Waals surface area (Å²) in [5, 5.41) is 6.27. The molecule has 17 heavy (non-hydrogen) atoms. The SMILES string of the molecule is Cc1cc(NC(=O)c2cc(N)ccc2Br)on1. The number of nitrogens with two attached hydrogens (primary N) is 1. The molecule has 3 N–H and O–H groups in total. The average molecular weight is 296 g/mol. The van der Waals surface area contributed by atoms with Gasteiger partial charge >= 0.3 is 0 Å². The molecule has 0 bridgehead atoms. The van der Waals surface area contributed by atoms with E-state index in [0.717, 1.165) is 0 Å². The van der Waals surface area contributed by atoms with Crippen LogP contribution in [-0.4, -0.2) is 11.1 Å². The van der Waals surface area contributed by atoms with E-state index < -0.39 is 0 Å². The number of rotatable bonds is 2. The van der Waals surface area contributed by atoms with Gasteiger partial charge in [0.05, 0.1) is 11.3 Å². The number of amides is 1. The Kier molecular flexibility index (Phi) is 3.14. The van der Waals surface area contributed by atoms with Gasteiger partial charge in [-0.1, -0.05) is 5.16 Å². The molecule has 0 aliphatic heterocycles. The molecule has 2 rings (SSSR count). The highest BCUT2D eigenvalue weighted by molar-refractivity contribution is 9.10. The molecule has 5 nitrogen and oxygen atoms in total. The van der Waals surface area contributed by atoms with Crippen molar-refractivity contribution in [1.82, 2.24) is 5.16 Å². The molecule has 0 saturated heterocycles. The number of nitrogens with zero attached hydrogens (tertiary/aromatic N) is 1. The first-order valence-corrected chi connectivity index (χ1v) is 5.65. The topological polar surface area (TPSA) is 81.2 Å². The van der Waals surface area contributed by atoms with E-state index in [-0.39, 0.29) is 5.91 Å².